The Labute approximate surface area is 173 Å². The van der Waals surface area contributed by atoms with Crippen LogP contribution in [0.3, 0.4) is 0 Å². The highest BCUT2D eigenvalue weighted by Gasteiger charge is 2.35. The zero-order chi connectivity index (χ0) is 20.5. The molecule has 1 amide bonds. The highest BCUT2D eigenvalue weighted by Crippen LogP contribution is 2.34. The number of carbonyl (C=O) groups excluding carboxylic acids is 1. The molecule has 2 aromatic rings. The number of ether oxygens (including phenoxy) is 1. The van der Waals surface area contributed by atoms with Crippen LogP contribution in [0.5, 0.6) is 0 Å². The molecule has 0 saturated carbocycles. The molecule has 2 atom stereocenters. The third kappa shape index (κ3) is 5.29. The number of nitrogens with two attached hydrogens (primary N) is 1. The van der Waals surface area contributed by atoms with Gasteiger partial charge in [-0.15, -0.1) is 12.4 Å². The number of nitrogens with one attached hydrogen (secondary N) is 1. The Morgan fingerprint density at radius 3 is 2.59 bits per heavy atom. The summed E-state index contributed by atoms with van der Waals surface area (Å²) in [5.74, 6) is -0.424. The second kappa shape index (κ2) is 9.15. The first-order chi connectivity index (χ1) is 13.2. The first-order valence-corrected chi connectivity index (χ1v) is 9.06. The van der Waals surface area contributed by atoms with Crippen molar-refractivity contribution in [1.82, 2.24) is 15.1 Å². The lowest BCUT2D eigenvalue weighted by Crippen LogP contribution is -2.35. The van der Waals surface area contributed by atoms with Crippen molar-refractivity contribution in [3.8, 4) is 5.69 Å². The predicted octanol–water partition coefficient (Wildman–Crippen LogP) is 3.05. The lowest BCUT2D eigenvalue weighted by Gasteiger charge is -2.17. The monoisotopic (exact) mass is 432 g/mol. The molecule has 1 fully saturated rings. The van der Waals surface area contributed by atoms with Gasteiger partial charge < -0.3 is 15.8 Å². The average molecular weight is 433 g/mol. The summed E-state index contributed by atoms with van der Waals surface area (Å²) in [5.41, 5.74) is 6.47. The summed E-state index contributed by atoms with van der Waals surface area (Å²) >= 11 is 0. The molecular formula is C19H24ClF3N4O2. The number of benzene rings is 1. The Balaban J connectivity index is 0.00000300. The molecule has 1 aromatic heterocycles. The van der Waals surface area contributed by atoms with Crippen molar-refractivity contribution in [3.05, 3.63) is 46.8 Å². The van der Waals surface area contributed by atoms with Gasteiger partial charge in [0.05, 0.1) is 23.0 Å². The van der Waals surface area contributed by atoms with Crippen LogP contribution in [0.2, 0.25) is 0 Å². The summed E-state index contributed by atoms with van der Waals surface area (Å²) in [6.45, 7) is 3.63. The number of nitrogens with zero attached hydrogens (tertiary/aromatic N) is 2. The Bertz CT molecular complexity index is 870. The Hall–Kier alpha value is -2.10. The Morgan fingerprint density at radius 1 is 1.31 bits per heavy atom. The van der Waals surface area contributed by atoms with Crippen LogP contribution in [0.25, 0.3) is 5.69 Å². The minimum Gasteiger partial charge on any atom is -0.364 e. The van der Waals surface area contributed by atoms with Gasteiger partial charge in [0.15, 0.2) is 0 Å². The van der Waals surface area contributed by atoms with E-state index in [1.807, 2.05) is 0 Å². The van der Waals surface area contributed by atoms with E-state index in [0.717, 1.165) is 17.5 Å². The van der Waals surface area contributed by atoms with Gasteiger partial charge >= 0.3 is 6.18 Å². The van der Waals surface area contributed by atoms with E-state index in [1.54, 1.807) is 26.0 Å². The van der Waals surface area contributed by atoms with Crippen LogP contribution in [0.1, 0.15) is 35.4 Å². The smallest absolute Gasteiger partial charge is 0.364 e. The van der Waals surface area contributed by atoms with Gasteiger partial charge in [-0.05, 0) is 50.5 Å². The summed E-state index contributed by atoms with van der Waals surface area (Å²) in [6, 6.07) is 5.77. The normalized spacial score (nSPS) is 19.1. The zero-order valence-corrected chi connectivity index (χ0v) is 16.9. The summed E-state index contributed by atoms with van der Waals surface area (Å²) in [6.07, 6.45) is -4.23. The Morgan fingerprint density at radius 2 is 2.03 bits per heavy atom. The third-order valence-electron chi connectivity index (χ3n) is 4.77. The molecule has 29 heavy (non-hydrogen) atoms. The van der Waals surface area contributed by atoms with Gasteiger partial charge in [-0.2, -0.15) is 18.3 Å². The van der Waals surface area contributed by atoms with Crippen LogP contribution in [0.15, 0.2) is 24.3 Å². The molecule has 0 aliphatic carbocycles. The van der Waals surface area contributed by atoms with Gasteiger partial charge in [0.1, 0.15) is 6.10 Å². The second-order valence-electron chi connectivity index (χ2n) is 6.96. The third-order valence-corrected chi connectivity index (χ3v) is 4.77. The highest BCUT2D eigenvalue weighted by atomic mass is 35.5. The van der Waals surface area contributed by atoms with Gasteiger partial charge in [0.25, 0.3) is 0 Å². The highest BCUT2D eigenvalue weighted by molar-refractivity contribution is 5.85. The van der Waals surface area contributed by atoms with E-state index in [4.69, 9.17) is 10.5 Å². The first-order valence-electron chi connectivity index (χ1n) is 9.06. The van der Waals surface area contributed by atoms with Crippen molar-refractivity contribution in [1.29, 1.82) is 0 Å². The summed E-state index contributed by atoms with van der Waals surface area (Å²) in [7, 11) is 0. The molecule has 0 spiro atoms. The van der Waals surface area contributed by atoms with Crippen LogP contribution in [0.4, 0.5) is 13.2 Å². The van der Waals surface area contributed by atoms with Gasteiger partial charge in [0.2, 0.25) is 5.91 Å². The fourth-order valence-corrected chi connectivity index (χ4v) is 3.37. The molecule has 6 nitrogen and oxygen atoms in total. The largest absolute Gasteiger partial charge is 0.416 e. The van der Waals surface area contributed by atoms with E-state index in [9.17, 15) is 18.0 Å². The molecule has 0 bridgehead atoms. The van der Waals surface area contributed by atoms with Crippen molar-refractivity contribution in [2.24, 2.45) is 5.73 Å². The van der Waals surface area contributed by atoms with Crippen molar-refractivity contribution in [2.75, 3.05) is 6.54 Å². The molecule has 1 aliphatic rings. The molecule has 0 unspecified atom stereocenters. The minimum atomic E-state index is -4.55. The van der Waals surface area contributed by atoms with E-state index in [2.05, 4.69) is 10.4 Å². The van der Waals surface area contributed by atoms with Gasteiger partial charge in [-0.1, -0.05) is 6.07 Å². The van der Waals surface area contributed by atoms with E-state index >= 15 is 0 Å². The van der Waals surface area contributed by atoms with Crippen molar-refractivity contribution >= 4 is 18.3 Å². The number of halogens is 4. The SMILES string of the molecule is Cc1cc(C)n(-c2ccc(CNC(=O)[C@@H]3CC[C@H](CN)O3)c(C(F)(F)F)c2)n1.Cl. The van der Waals surface area contributed by atoms with Crippen LogP contribution in [-0.4, -0.2) is 34.4 Å². The van der Waals surface area contributed by atoms with Crippen LogP contribution < -0.4 is 11.1 Å². The molecule has 1 aliphatic heterocycles. The number of amides is 1. The quantitative estimate of drug-likeness (QED) is 0.760. The molecule has 0 radical (unpaired) electrons. The maximum absolute atomic E-state index is 13.6. The topological polar surface area (TPSA) is 82.2 Å². The van der Waals surface area contributed by atoms with E-state index in [0.29, 0.717) is 25.1 Å². The summed E-state index contributed by atoms with van der Waals surface area (Å²) < 4.78 is 47.7. The van der Waals surface area contributed by atoms with Crippen LogP contribution in [0, 0.1) is 13.8 Å². The lowest BCUT2D eigenvalue weighted by atomic mass is 10.1. The van der Waals surface area contributed by atoms with E-state index in [1.165, 1.54) is 10.7 Å². The average Bonchev–Trinajstić information content (AvgIpc) is 3.25. The fraction of sp³-hybridized carbons (Fsp3) is 0.474. The number of hydrogen-bond acceptors (Lipinski definition) is 4. The van der Waals surface area contributed by atoms with Gasteiger partial charge in [-0.3, -0.25) is 4.79 Å². The number of aromatic nitrogens is 2. The summed E-state index contributed by atoms with van der Waals surface area (Å²) in [5, 5.41) is 6.77. The zero-order valence-electron chi connectivity index (χ0n) is 16.1. The number of hydrogen-bond donors (Lipinski definition) is 2. The molecular weight excluding hydrogens is 409 g/mol. The van der Waals surface area contributed by atoms with Crippen molar-refractivity contribution in [2.45, 2.75) is 51.6 Å². The number of alkyl halides is 3. The van der Waals surface area contributed by atoms with Crippen LogP contribution >= 0.6 is 12.4 Å². The number of carbonyl (C=O) groups is 1. The molecule has 1 aromatic carbocycles. The summed E-state index contributed by atoms with van der Waals surface area (Å²) in [4.78, 5) is 12.2. The van der Waals surface area contributed by atoms with Gasteiger partial charge in [-0.25, -0.2) is 4.68 Å². The number of rotatable bonds is 5. The molecule has 2 heterocycles. The fourth-order valence-electron chi connectivity index (χ4n) is 3.37. The van der Waals surface area contributed by atoms with Gasteiger partial charge in [0, 0.05) is 18.8 Å². The lowest BCUT2D eigenvalue weighted by molar-refractivity contribution is -0.139. The standard InChI is InChI=1S/C19H23F3N4O2.ClH/c1-11-7-12(2)26(25-11)14-4-3-13(16(8-14)19(20,21)22)10-24-18(27)17-6-5-15(9-23)28-17;/h3-4,7-8,15,17H,5-6,9-10,23H2,1-2H3,(H,24,27);1H/t15-,17+;/m1./s1. The number of aryl methyl sites for hydroxylation is 2. The molecule has 160 valence electrons. The molecule has 3 N–H and O–H groups in total. The second-order valence-corrected chi connectivity index (χ2v) is 6.96. The van der Waals surface area contributed by atoms with Crippen molar-refractivity contribution < 1.29 is 22.7 Å². The minimum absolute atomic E-state index is 0. The molecule has 10 heteroatoms. The first kappa shape index (κ1) is 23.2. The molecule has 1 saturated heterocycles. The maximum Gasteiger partial charge on any atom is 0.416 e. The van der Waals surface area contributed by atoms with Crippen molar-refractivity contribution in [3.63, 3.8) is 0 Å². The van der Waals surface area contributed by atoms with E-state index < -0.39 is 23.8 Å². The molecule has 3 rings (SSSR count). The Kier molecular flexibility index (Phi) is 7.31. The maximum atomic E-state index is 13.6. The van der Waals surface area contributed by atoms with Crippen LogP contribution in [-0.2, 0) is 22.3 Å². The van der Waals surface area contributed by atoms with E-state index in [-0.39, 0.29) is 30.6 Å². The predicted molar refractivity (Wildman–Crippen MR) is 104 cm³/mol.